The summed E-state index contributed by atoms with van der Waals surface area (Å²) in [6.45, 7) is 6.23. The van der Waals surface area contributed by atoms with Crippen LogP contribution in [0.5, 0.6) is 11.6 Å². The van der Waals surface area contributed by atoms with E-state index in [4.69, 9.17) is 14.0 Å². The van der Waals surface area contributed by atoms with Crippen LogP contribution >= 0.6 is 0 Å². The van der Waals surface area contributed by atoms with E-state index in [9.17, 15) is 0 Å². The van der Waals surface area contributed by atoms with Crippen LogP contribution in [-0.4, -0.2) is 23.4 Å². The van der Waals surface area contributed by atoms with Gasteiger partial charge in [-0.2, -0.15) is 0 Å². The lowest BCUT2D eigenvalue weighted by atomic mass is 10.2. The lowest BCUT2D eigenvalue weighted by Crippen LogP contribution is -2.14. The number of ether oxygens (including phenoxy) is 2. The summed E-state index contributed by atoms with van der Waals surface area (Å²) in [6, 6.07) is 13.5. The van der Waals surface area contributed by atoms with Gasteiger partial charge in [0.15, 0.2) is 0 Å². The predicted octanol–water partition coefficient (Wildman–Crippen LogP) is 3.43. The quantitative estimate of drug-likeness (QED) is 0.594. The van der Waals surface area contributed by atoms with Crippen molar-refractivity contribution in [3.05, 3.63) is 71.2 Å². The average Bonchev–Trinajstić information content (AvgIpc) is 2.99. The highest BCUT2D eigenvalue weighted by Gasteiger charge is 2.08. The molecule has 1 N–H and O–H groups in total. The van der Waals surface area contributed by atoms with Gasteiger partial charge in [0, 0.05) is 30.9 Å². The van der Waals surface area contributed by atoms with E-state index in [2.05, 4.69) is 15.5 Å². The highest BCUT2D eigenvalue weighted by Crippen LogP contribution is 2.13. The van der Waals surface area contributed by atoms with Crippen molar-refractivity contribution in [1.29, 1.82) is 0 Å². The van der Waals surface area contributed by atoms with Crippen molar-refractivity contribution in [3.8, 4) is 11.6 Å². The van der Waals surface area contributed by atoms with Crippen LogP contribution in [0.25, 0.3) is 0 Å². The van der Waals surface area contributed by atoms with Crippen molar-refractivity contribution in [3.63, 3.8) is 0 Å². The van der Waals surface area contributed by atoms with Gasteiger partial charge in [0.05, 0.1) is 5.69 Å². The third kappa shape index (κ3) is 5.07. The van der Waals surface area contributed by atoms with Crippen molar-refractivity contribution >= 4 is 0 Å². The maximum atomic E-state index is 5.60. The number of pyridine rings is 1. The molecule has 1 aromatic carbocycles. The molecule has 3 rings (SSSR count). The summed E-state index contributed by atoms with van der Waals surface area (Å²) in [7, 11) is 0. The standard InChI is InChI=1S/C20H23N3O3/c1-15-19(16(2)26-23-15)14-21-12-17-8-9-20(22-13-17)25-11-10-24-18-6-4-3-5-7-18/h3-9,13,21H,10-12,14H2,1-2H3. The van der Waals surface area contributed by atoms with Gasteiger partial charge in [-0.25, -0.2) is 4.98 Å². The fraction of sp³-hybridized carbons (Fsp3) is 0.300. The Morgan fingerprint density at radius 1 is 0.962 bits per heavy atom. The van der Waals surface area contributed by atoms with Crippen molar-refractivity contribution in [1.82, 2.24) is 15.5 Å². The Kier molecular flexibility index (Phi) is 6.22. The molecule has 0 saturated carbocycles. The molecule has 0 aliphatic carbocycles. The minimum atomic E-state index is 0.450. The molecule has 26 heavy (non-hydrogen) atoms. The minimum absolute atomic E-state index is 0.450. The van der Waals surface area contributed by atoms with Crippen LogP contribution in [0.3, 0.4) is 0 Å². The van der Waals surface area contributed by atoms with Crippen LogP contribution in [0, 0.1) is 13.8 Å². The van der Waals surface area contributed by atoms with Gasteiger partial charge in [0.1, 0.15) is 24.7 Å². The monoisotopic (exact) mass is 353 g/mol. The summed E-state index contributed by atoms with van der Waals surface area (Å²) in [6.07, 6.45) is 1.81. The summed E-state index contributed by atoms with van der Waals surface area (Å²) in [5, 5.41) is 7.33. The van der Waals surface area contributed by atoms with Crippen molar-refractivity contribution in [2.75, 3.05) is 13.2 Å². The molecule has 0 atom stereocenters. The first kappa shape index (κ1) is 17.9. The van der Waals surface area contributed by atoms with Crippen molar-refractivity contribution in [2.45, 2.75) is 26.9 Å². The Bertz CT molecular complexity index is 781. The first-order chi connectivity index (χ1) is 12.7. The van der Waals surface area contributed by atoms with Gasteiger partial charge in [-0.05, 0) is 31.5 Å². The Hall–Kier alpha value is -2.86. The molecule has 0 aliphatic rings. The molecule has 0 amide bonds. The van der Waals surface area contributed by atoms with Crippen molar-refractivity contribution in [2.24, 2.45) is 0 Å². The van der Waals surface area contributed by atoms with Gasteiger partial charge in [0.2, 0.25) is 5.88 Å². The largest absolute Gasteiger partial charge is 0.490 e. The molecule has 0 unspecified atom stereocenters. The van der Waals surface area contributed by atoms with Crippen LogP contribution in [0.15, 0.2) is 53.2 Å². The van der Waals surface area contributed by atoms with Gasteiger partial charge in [-0.15, -0.1) is 0 Å². The Morgan fingerprint density at radius 2 is 1.77 bits per heavy atom. The fourth-order valence-electron chi connectivity index (χ4n) is 2.51. The van der Waals surface area contributed by atoms with Crippen LogP contribution in [0.2, 0.25) is 0 Å². The molecule has 2 heterocycles. The minimum Gasteiger partial charge on any atom is -0.490 e. The van der Waals surface area contributed by atoms with Crippen LogP contribution in [0.1, 0.15) is 22.6 Å². The molecule has 0 bridgehead atoms. The third-order valence-electron chi connectivity index (χ3n) is 3.95. The van der Waals surface area contributed by atoms with E-state index in [1.54, 1.807) is 0 Å². The number of nitrogens with one attached hydrogen (secondary N) is 1. The molecule has 6 heteroatoms. The van der Waals surface area contributed by atoms with E-state index in [-0.39, 0.29) is 0 Å². The first-order valence-corrected chi connectivity index (χ1v) is 8.60. The maximum absolute atomic E-state index is 5.60. The number of rotatable bonds is 9. The molecule has 2 aromatic heterocycles. The second kappa shape index (κ2) is 9.01. The number of aromatic nitrogens is 2. The lowest BCUT2D eigenvalue weighted by Gasteiger charge is -2.08. The summed E-state index contributed by atoms with van der Waals surface area (Å²) in [5.41, 5.74) is 3.12. The van der Waals surface area contributed by atoms with E-state index < -0.39 is 0 Å². The summed E-state index contributed by atoms with van der Waals surface area (Å²) in [5.74, 6) is 2.29. The van der Waals surface area contributed by atoms with Crippen LogP contribution in [-0.2, 0) is 13.1 Å². The van der Waals surface area contributed by atoms with Gasteiger partial charge >= 0.3 is 0 Å². The smallest absolute Gasteiger partial charge is 0.213 e. The second-order valence-corrected chi connectivity index (χ2v) is 5.92. The van der Waals surface area contributed by atoms with E-state index in [0.717, 1.165) is 34.9 Å². The topological polar surface area (TPSA) is 69.4 Å². The predicted molar refractivity (Wildman–Crippen MR) is 98.2 cm³/mol. The van der Waals surface area contributed by atoms with Gasteiger partial charge in [-0.1, -0.05) is 29.4 Å². The van der Waals surface area contributed by atoms with Crippen LogP contribution in [0.4, 0.5) is 0 Å². The number of benzene rings is 1. The van der Waals surface area contributed by atoms with E-state index in [1.165, 1.54) is 0 Å². The van der Waals surface area contributed by atoms with Crippen LogP contribution < -0.4 is 14.8 Å². The molecular weight excluding hydrogens is 330 g/mol. The third-order valence-corrected chi connectivity index (χ3v) is 3.95. The van der Waals surface area contributed by atoms with E-state index in [1.807, 2.05) is 62.5 Å². The highest BCUT2D eigenvalue weighted by molar-refractivity contribution is 5.22. The second-order valence-electron chi connectivity index (χ2n) is 5.92. The average molecular weight is 353 g/mol. The number of nitrogens with zero attached hydrogens (tertiary/aromatic N) is 2. The Morgan fingerprint density at radius 3 is 2.46 bits per heavy atom. The molecule has 0 radical (unpaired) electrons. The molecular formula is C20H23N3O3. The molecule has 0 spiro atoms. The number of aryl methyl sites for hydroxylation is 2. The Labute approximate surface area is 153 Å². The van der Waals surface area contributed by atoms with Gasteiger partial charge < -0.3 is 19.3 Å². The number of para-hydroxylation sites is 1. The van der Waals surface area contributed by atoms with Gasteiger partial charge in [-0.3, -0.25) is 0 Å². The summed E-state index contributed by atoms with van der Waals surface area (Å²) >= 11 is 0. The molecule has 6 nitrogen and oxygen atoms in total. The summed E-state index contributed by atoms with van der Waals surface area (Å²) < 4.78 is 16.3. The maximum Gasteiger partial charge on any atom is 0.213 e. The van der Waals surface area contributed by atoms with Gasteiger partial charge in [0.25, 0.3) is 0 Å². The molecule has 3 aromatic rings. The number of hydrogen-bond donors (Lipinski definition) is 1. The SMILES string of the molecule is Cc1noc(C)c1CNCc1ccc(OCCOc2ccccc2)nc1. The summed E-state index contributed by atoms with van der Waals surface area (Å²) in [4.78, 5) is 4.33. The molecule has 0 saturated heterocycles. The van der Waals surface area contributed by atoms with E-state index in [0.29, 0.717) is 25.6 Å². The zero-order valence-electron chi connectivity index (χ0n) is 15.1. The highest BCUT2D eigenvalue weighted by atomic mass is 16.5. The van der Waals surface area contributed by atoms with Crippen molar-refractivity contribution < 1.29 is 14.0 Å². The lowest BCUT2D eigenvalue weighted by molar-refractivity contribution is 0.212. The van der Waals surface area contributed by atoms with E-state index >= 15 is 0 Å². The zero-order valence-corrected chi connectivity index (χ0v) is 15.1. The zero-order chi connectivity index (χ0) is 18.2. The number of hydrogen-bond acceptors (Lipinski definition) is 6. The first-order valence-electron chi connectivity index (χ1n) is 8.60. The fourth-order valence-corrected chi connectivity index (χ4v) is 2.51. The molecule has 136 valence electrons. The molecule has 0 fully saturated rings. The normalized spacial score (nSPS) is 10.7. The Balaban J connectivity index is 1.38. The molecule has 0 aliphatic heterocycles.